The summed E-state index contributed by atoms with van der Waals surface area (Å²) in [5.74, 6) is 0.560. The number of aliphatic hydroxyl groups is 15. The Hall–Kier alpha value is -1.44. The molecule has 0 aromatic rings. The average Bonchev–Trinajstić information content (AvgIpc) is 3.65. The van der Waals surface area contributed by atoms with E-state index in [1.54, 1.807) is 0 Å². The molecule has 30 unspecified atom stereocenters. The maximum absolute atomic E-state index is 12.3. The van der Waals surface area contributed by atoms with Gasteiger partial charge in [0.2, 0.25) is 0 Å². The standard InChI is InChI=1S/C50H82O23/c1-5-20(2)6-7-21(15-51)25-14-26(55)32-22-8-9-24-33(57)28(11-13-49(24,3)23(22)10-12-50(25,32)4)67-47-41(65)43(42(31(18-54)70-47)71-45-39(63)37(61)35(59)29(16-52)68-45)72-48-44(34(58)27(56)19-66-48)73-46-40(64)38(62)36(60)30(17-53)69-46/h6-7,9,20-23,25-48,51-65H,5,8,10-19H2,1-4H3. The van der Waals surface area contributed by atoms with E-state index in [0.29, 0.717) is 25.2 Å². The van der Waals surface area contributed by atoms with Gasteiger partial charge in [-0.3, -0.25) is 0 Å². The molecule has 8 aliphatic rings. The zero-order chi connectivity index (χ0) is 53.0. The van der Waals surface area contributed by atoms with Crippen molar-refractivity contribution < 1.29 is 114 Å². The lowest BCUT2D eigenvalue weighted by Gasteiger charge is -2.59. The van der Waals surface area contributed by atoms with E-state index in [2.05, 4.69) is 39.8 Å². The van der Waals surface area contributed by atoms with Gasteiger partial charge in [-0.25, -0.2) is 0 Å². The first-order valence-corrected chi connectivity index (χ1v) is 26.2. The monoisotopic (exact) mass is 1050 g/mol. The second-order valence-electron chi connectivity index (χ2n) is 22.5. The van der Waals surface area contributed by atoms with Gasteiger partial charge in [0.25, 0.3) is 0 Å². The molecule has 0 amide bonds. The van der Waals surface area contributed by atoms with Crippen LogP contribution >= 0.6 is 0 Å². The highest BCUT2D eigenvalue weighted by Gasteiger charge is 2.64. The van der Waals surface area contributed by atoms with Crippen LogP contribution in [0.3, 0.4) is 0 Å². The molecule has 4 heterocycles. The lowest BCUT2D eigenvalue weighted by Crippen LogP contribution is -2.67. The van der Waals surface area contributed by atoms with Gasteiger partial charge in [-0.2, -0.15) is 0 Å². The molecule has 0 spiro atoms. The van der Waals surface area contributed by atoms with Gasteiger partial charge in [-0.15, -0.1) is 0 Å². The van der Waals surface area contributed by atoms with Crippen molar-refractivity contribution in [3.8, 4) is 0 Å². The van der Waals surface area contributed by atoms with Crippen molar-refractivity contribution in [3.63, 3.8) is 0 Å². The van der Waals surface area contributed by atoms with E-state index in [0.717, 1.165) is 24.8 Å². The SMILES string of the molecule is CCC(C)C=CC(CO)C1CC(O)C2C3CC=C4C(O)C(OC5OC(CO)C(OC6OC(CO)C(O)C(O)C6O)C(OC6OCC(O)C(O)C6OC6OC(CO)C(O)C(O)C6O)C5O)CCC4(C)C3CCC12C. The van der Waals surface area contributed by atoms with Crippen LogP contribution in [0.2, 0.25) is 0 Å². The van der Waals surface area contributed by atoms with Crippen molar-refractivity contribution in [2.24, 2.45) is 46.3 Å². The fourth-order valence-electron chi connectivity index (χ4n) is 13.9. The third-order valence-electron chi connectivity index (χ3n) is 18.4. The first-order valence-electron chi connectivity index (χ1n) is 26.2. The van der Waals surface area contributed by atoms with Gasteiger partial charge in [0, 0.05) is 12.5 Å². The van der Waals surface area contributed by atoms with Crippen LogP contribution in [0.15, 0.2) is 23.8 Å². The van der Waals surface area contributed by atoms with E-state index >= 15 is 0 Å². The van der Waals surface area contributed by atoms with Crippen molar-refractivity contribution >= 4 is 0 Å². The van der Waals surface area contributed by atoms with Gasteiger partial charge in [0.05, 0.1) is 38.6 Å². The van der Waals surface area contributed by atoms with Crippen LogP contribution in [0.4, 0.5) is 0 Å². The molecule has 73 heavy (non-hydrogen) atoms. The minimum absolute atomic E-state index is 0.00453. The third-order valence-corrected chi connectivity index (χ3v) is 18.4. The Labute approximate surface area is 424 Å². The van der Waals surface area contributed by atoms with Crippen LogP contribution < -0.4 is 0 Å². The number of aliphatic hydroxyl groups excluding tert-OH is 15. The molecule has 0 radical (unpaired) electrons. The summed E-state index contributed by atoms with van der Waals surface area (Å²) in [5.41, 5.74) is 0.0324. The molecule has 15 N–H and O–H groups in total. The van der Waals surface area contributed by atoms with Gasteiger partial charge in [0.15, 0.2) is 25.2 Å². The Morgan fingerprint density at radius 2 is 1.21 bits per heavy atom. The van der Waals surface area contributed by atoms with E-state index in [-0.39, 0.29) is 48.0 Å². The Balaban J connectivity index is 1.04. The van der Waals surface area contributed by atoms with Crippen LogP contribution in [0.25, 0.3) is 0 Å². The number of hydrogen-bond donors (Lipinski definition) is 15. The van der Waals surface area contributed by atoms with Crippen LogP contribution in [0.1, 0.15) is 72.6 Å². The Morgan fingerprint density at radius 1 is 0.630 bits per heavy atom. The third kappa shape index (κ3) is 10.8. The molecule has 4 saturated heterocycles. The molecule has 7 fully saturated rings. The van der Waals surface area contributed by atoms with Crippen molar-refractivity contribution in [1.29, 1.82) is 0 Å². The molecule has 0 bridgehead atoms. The summed E-state index contributed by atoms with van der Waals surface area (Å²) in [4.78, 5) is 0. The molecule has 8 rings (SSSR count). The molecule has 4 aliphatic heterocycles. The van der Waals surface area contributed by atoms with E-state index in [9.17, 15) is 76.6 Å². The van der Waals surface area contributed by atoms with Crippen LogP contribution in [-0.2, 0) is 37.9 Å². The van der Waals surface area contributed by atoms with Gasteiger partial charge in [-0.1, -0.05) is 52.3 Å². The maximum Gasteiger partial charge on any atom is 0.187 e. The minimum Gasteiger partial charge on any atom is -0.396 e. The van der Waals surface area contributed by atoms with Crippen LogP contribution in [0, 0.1) is 46.3 Å². The average molecular weight is 1050 g/mol. The van der Waals surface area contributed by atoms with Crippen molar-refractivity contribution in [2.45, 2.75) is 208 Å². The summed E-state index contributed by atoms with van der Waals surface area (Å²) in [6.07, 6.45) is -25.7. The highest BCUT2D eigenvalue weighted by atomic mass is 16.8. The quantitative estimate of drug-likeness (QED) is 0.0656. The second-order valence-corrected chi connectivity index (χ2v) is 22.5. The number of allylic oxidation sites excluding steroid dienone is 2. The summed E-state index contributed by atoms with van der Waals surface area (Å²) >= 11 is 0. The fraction of sp³-hybridized carbons (Fsp3) is 0.920. The Morgan fingerprint density at radius 3 is 1.79 bits per heavy atom. The first-order chi connectivity index (χ1) is 34.7. The van der Waals surface area contributed by atoms with Crippen molar-refractivity contribution in [2.75, 3.05) is 33.0 Å². The second kappa shape index (κ2) is 23.5. The lowest BCUT2D eigenvalue weighted by molar-refractivity contribution is -0.397. The molecule has 30 atom stereocenters. The van der Waals surface area contributed by atoms with Crippen molar-refractivity contribution in [3.05, 3.63) is 23.8 Å². The maximum atomic E-state index is 12.3. The highest BCUT2D eigenvalue weighted by molar-refractivity contribution is 5.30. The van der Waals surface area contributed by atoms with Crippen molar-refractivity contribution in [1.82, 2.24) is 0 Å². The largest absolute Gasteiger partial charge is 0.396 e. The summed E-state index contributed by atoms with van der Waals surface area (Å²) in [6.45, 7) is 5.54. The Bertz CT molecular complexity index is 1860. The van der Waals surface area contributed by atoms with Gasteiger partial charge < -0.3 is 114 Å². The van der Waals surface area contributed by atoms with E-state index < -0.39 is 167 Å². The molecule has 420 valence electrons. The Kier molecular flexibility index (Phi) is 18.6. The lowest BCUT2D eigenvalue weighted by atomic mass is 9.46. The number of ether oxygens (including phenoxy) is 8. The summed E-state index contributed by atoms with van der Waals surface area (Å²) in [6, 6.07) is 0. The van der Waals surface area contributed by atoms with E-state index in [1.165, 1.54) is 0 Å². The van der Waals surface area contributed by atoms with Gasteiger partial charge in [-0.05, 0) is 84.5 Å². The normalized spacial score (nSPS) is 52.2. The number of hydrogen-bond acceptors (Lipinski definition) is 23. The molecule has 0 aromatic heterocycles. The van der Waals surface area contributed by atoms with Gasteiger partial charge >= 0.3 is 0 Å². The summed E-state index contributed by atoms with van der Waals surface area (Å²) < 4.78 is 47.7. The predicted molar refractivity (Wildman–Crippen MR) is 248 cm³/mol. The number of rotatable bonds is 16. The topological polar surface area (TPSA) is 377 Å². The molecular formula is C50H82O23. The smallest absolute Gasteiger partial charge is 0.187 e. The van der Waals surface area contributed by atoms with Crippen LogP contribution in [0.5, 0.6) is 0 Å². The summed E-state index contributed by atoms with van der Waals surface area (Å²) in [7, 11) is 0. The van der Waals surface area contributed by atoms with E-state index in [1.807, 2.05) is 6.08 Å². The minimum atomic E-state index is -1.98. The predicted octanol–water partition coefficient (Wildman–Crippen LogP) is -3.99. The highest BCUT2D eigenvalue weighted by Crippen LogP contribution is 2.67. The molecule has 23 nitrogen and oxygen atoms in total. The molecule has 0 aromatic carbocycles. The van der Waals surface area contributed by atoms with Crippen LogP contribution in [-0.4, -0.2) is 245 Å². The van der Waals surface area contributed by atoms with E-state index in [4.69, 9.17) is 37.9 Å². The molecule has 23 heteroatoms. The van der Waals surface area contributed by atoms with Gasteiger partial charge in [0.1, 0.15) is 97.7 Å². The zero-order valence-electron chi connectivity index (χ0n) is 41.9. The fourth-order valence-corrected chi connectivity index (χ4v) is 13.9. The number of fused-ring (bicyclic) bond motifs is 5. The molecule has 4 aliphatic carbocycles. The first kappa shape index (κ1) is 57.7. The zero-order valence-corrected chi connectivity index (χ0v) is 41.9. The molecular weight excluding hydrogens is 969 g/mol. The summed E-state index contributed by atoms with van der Waals surface area (Å²) in [5, 5.41) is 163. The molecule has 3 saturated carbocycles.